The van der Waals surface area contributed by atoms with Crippen LogP contribution in [0.1, 0.15) is 12.5 Å². The molecule has 0 bridgehead atoms. The average molecular weight is 154 g/mol. The fourth-order valence-electron chi connectivity index (χ4n) is 0.732. The zero-order valence-electron chi connectivity index (χ0n) is 6.91. The van der Waals surface area contributed by atoms with Crippen LogP contribution in [0.3, 0.4) is 0 Å². The number of hydrogen-bond acceptors (Lipinski definition) is 2. The second-order valence-electron chi connectivity index (χ2n) is 2.02. The van der Waals surface area contributed by atoms with Crippen LogP contribution in [-0.4, -0.2) is 17.3 Å². The predicted octanol–water partition coefficient (Wildman–Crippen LogP) is 1.56. The van der Waals surface area contributed by atoms with E-state index in [9.17, 15) is 0 Å². The second-order valence-corrected chi connectivity index (χ2v) is 2.02. The normalized spacial score (nSPS) is 8.27. The summed E-state index contributed by atoms with van der Waals surface area (Å²) in [6.45, 7) is 2.09. The Morgan fingerprint density at radius 2 is 1.55 bits per heavy atom. The molecule has 1 aromatic carbocycles. The van der Waals surface area contributed by atoms with Crippen LogP contribution in [0.25, 0.3) is 0 Å². The molecule has 2 nitrogen and oxygen atoms in total. The molecule has 0 aliphatic rings. The van der Waals surface area contributed by atoms with E-state index in [0.29, 0.717) is 5.75 Å². The van der Waals surface area contributed by atoms with Crippen molar-refractivity contribution in [1.82, 2.24) is 0 Å². The zero-order valence-corrected chi connectivity index (χ0v) is 6.91. The monoisotopic (exact) mass is 154 g/mol. The second kappa shape index (κ2) is 5.74. The van der Waals surface area contributed by atoms with Crippen molar-refractivity contribution in [2.24, 2.45) is 0 Å². The van der Waals surface area contributed by atoms with E-state index in [-0.39, 0.29) is 0 Å². The third kappa shape index (κ3) is 3.63. The van der Waals surface area contributed by atoms with E-state index in [1.807, 2.05) is 12.1 Å². The fourth-order valence-corrected chi connectivity index (χ4v) is 0.732. The highest BCUT2D eigenvalue weighted by Gasteiger charge is 1.86. The zero-order chi connectivity index (χ0) is 8.69. The molecule has 1 aromatic rings. The molecule has 0 saturated heterocycles. The summed E-state index contributed by atoms with van der Waals surface area (Å²) in [5.41, 5.74) is 1.26. The van der Waals surface area contributed by atoms with Gasteiger partial charge in [0.25, 0.3) is 0 Å². The molecule has 2 N–H and O–H groups in total. The topological polar surface area (TPSA) is 40.5 Å². The molecule has 11 heavy (non-hydrogen) atoms. The molecule has 0 fully saturated rings. The molecule has 0 aromatic heterocycles. The predicted molar refractivity (Wildman–Crippen MR) is 45.6 cm³/mol. The maximum absolute atomic E-state index is 8.85. The third-order valence-corrected chi connectivity index (χ3v) is 1.34. The number of aliphatic hydroxyl groups excluding tert-OH is 1. The van der Waals surface area contributed by atoms with Gasteiger partial charge in [-0.3, -0.25) is 0 Å². The van der Waals surface area contributed by atoms with Crippen molar-refractivity contribution in [1.29, 1.82) is 0 Å². The first kappa shape index (κ1) is 9.98. The van der Waals surface area contributed by atoms with E-state index in [2.05, 4.69) is 6.92 Å². The minimum atomic E-state index is 0.340. The molecule has 0 radical (unpaired) electrons. The number of aromatic hydroxyl groups is 1. The van der Waals surface area contributed by atoms with Crippen molar-refractivity contribution in [3.63, 3.8) is 0 Å². The van der Waals surface area contributed by atoms with Crippen LogP contribution in [0.15, 0.2) is 24.3 Å². The quantitative estimate of drug-likeness (QED) is 0.644. The molecule has 0 aliphatic carbocycles. The molecule has 0 heterocycles. The maximum Gasteiger partial charge on any atom is 0.115 e. The summed E-state index contributed by atoms with van der Waals surface area (Å²) >= 11 is 0. The van der Waals surface area contributed by atoms with Crippen LogP contribution in [0.5, 0.6) is 5.75 Å². The van der Waals surface area contributed by atoms with Gasteiger partial charge < -0.3 is 10.2 Å². The van der Waals surface area contributed by atoms with E-state index >= 15 is 0 Å². The Kier molecular flexibility index (Phi) is 5.21. The van der Waals surface area contributed by atoms with Crippen LogP contribution in [0.2, 0.25) is 0 Å². The Labute approximate surface area is 67.1 Å². The lowest BCUT2D eigenvalue weighted by molar-refractivity contribution is 0.399. The lowest BCUT2D eigenvalue weighted by Gasteiger charge is -1.93. The number of phenolic OH excluding ortho intramolecular Hbond substituents is 1. The van der Waals surface area contributed by atoms with Crippen molar-refractivity contribution in [2.75, 3.05) is 7.11 Å². The molecule has 0 saturated carbocycles. The standard InChI is InChI=1S/C8H10O.CH4O/c1-2-7-3-5-8(9)6-4-7;1-2/h3-6,9H,2H2,1H3;2H,1H3. The molecule has 2 heteroatoms. The Hall–Kier alpha value is -1.02. The summed E-state index contributed by atoms with van der Waals surface area (Å²) in [6.07, 6.45) is 1.03. The Balaban J connectivity index is 0.000000461. The van der Waals surface area contributed by atoms with Crippen LogP contribution in [0.4, 0.5) is 0 Å². The minimum Gasteiger partial charge on any atom is -0.508 e. The smallest absolute Gasteiger partial charge is 0.115 e. The van der Waals surface area contributed by atoms with Gasteiger partial charge in [-0.05, 0) is 24.1 Å². The Morgan fingerprint density at radius 1 is 1.09 bits per heavy atom. The molecule has 0 amide bonds. The summed E-state index contributed by atoms with van der Waals surface area (Å²) in [5, 5.41) is 15.9. The van der Waals surface area contributed by atoms with Gasteiger partial charge in [-0.25, -0.2) is 0 Å². The van der Waals surface area contributed by atoms with Crippen LogP contribution in [-0.2, 0) is 6.42 Å². The van der Waals surface area contributed by atoms with Gasteiger partial charge in [-0.2, -0.15) is 0 Å². The number of aliphatic hydroxyl groups is 1. The van der Waals surface area contributed by atoms with Crippen LogP contribution in [0, 0.1) is 0 Å². The van der Waals surface area contributed by atoms with Gasteiger partial charge in [0.1, 0.15) is 5.75 Å². The number of benzene rings is 1. The summed E-state index contributed by atoms with van der Waals surface area (Å²) in [4.78, 5) is 0. The van der Waals surface area contributed by atoms with Crippen molar-refractivity contribution in [3.8, 4) is 5.75 Å². The van der Waals surface area contributed by atoms with Gasteiger partial charge in [-0.1, -0.05) is 19.1 Å². The first-order valence-corrected chi connectivity index (χ1v) is 3.55. The lowest BCUT2D eigenvalue weighted by atomic mass is 10.2. The highest BCUT2D eigenvalue weighted by molar-refractivity contribution is 5.25. The van der Waals surface area contributed by atoms with Crippen LogP contribution >= 0.6 is 0 Å². The number of phenols is 1. The average Bonchev–Trinajstić information content (AvgIpc) is 2.10. The van der Waals surface area contributed by atoms with Crippen molar-refractivity contribution in [3.05, 3.63) is 29.8 Å². The highest BCUT2D eigenvalue weighted by Crippen LogP contribution is 2.09. The van der Waals surface area contributed by atoms with E-state index in [4.69, 9.17) is 10.2 Å². The first-order valence-electron chi connectivity index (χ1n) is 3.55. The van der Waals surface area contributed by atoms with Gasteiger partial charge in [-0.15, -0.1) is 0 Å². The Bertz CT molecular complexity index is 179. The molecular formula is C9H14O2. The summed E-state index contributed by atoms with van der Waals surface area (Å²) in [5.74, 6) is 0.340. The van der Waals surface area contributed by atoms with E-state index in [1.54, 1.807) is 12.1 Å². The molecule has 0 aliphatic heterocycles. The van der Waals surface area contributed by atoms with E-state index < -0.39 is 0 Å². The fraction of sp³-hybridized carbons (Fsp3) is 0.333. The minimum absolute atomic E-state index is 0.340. The van der Waals surface area contributed by atoms with Crippen molar-refractivity contribution >= 4 is 0 Å². The van der Waals surface area contributed by atoms with E-state index in [0.717, 1.165) is 13.5 Å². The molecule has 62 valence electrons. The lowest BCUT2D eigenvalue weighted by Crippen LogP contribution is -1.75. The maximum atomic E-state index is 8.85. The van der Waals surface area contributed by atoms with Crippen LogP contribution < -0.4 is 0 Å². The van der Waals surface area contributed by atoms with Gasteiger partial charge in [0.15, 0.2) is 0 Å². The number of rotatable bonds is 1. The van der Waals surface area contributed by atoms with Gasteiger partial charge >= 0.3 is 0 Å². The highest BCUT2D eigenvalue weighted by atomic mass is 16.3. The molecule has 0 unspecified atom stereocenters. The molecule has 0 atom stereocenters. The third-order valence-electron chi connectivity index (χ3n) is 1.34. The summed E-state index contributed by atoms with van der Waals surface area (Å²) in [7, 11) is 1.00. The summed E-state index contributed by atoms with van der Waals surface area (Å²) in [6, 6.07) is 7.27. The van der Waals surface area contributed by atoms with E-state index in [1.165, 1.54) is 5.56 Å². The SMILES string of the molecule is CCc1ccc(O)cc1.CO. The largest absolute Gasteiger partial charge is 0.508 e. The van der Waals surface area contributed by atoms with Gasteiger partial charge in [0, 0.05) is 7.11 Å². The molecule has 0 spiro atoms. The summed E-state index contributed by atoms with van der Waals surface area (Å²) < 4.78 is 0. The van der Waals surface area contributed by atoms with Crippen molar-refractivity contribution in [2.45, 2.75) is 13.3 Å². The molecular weight excluding hydrogens is 140 g/mol. The number of aryl methyl sites for hydroxylation is 1. The van der Waals surface area contributed by atoms with Gasteiger partial charge in [0.05, 0.1) is 0 Å². The number of hydrogen-bond donors (Lipinski definition) is 2. The van der Waals surface area contributed by atoms with Crippen molar-refractivity contribution < 1.29 is 10.2 Å². The first-order chi connectivity index (χ1) is 5.33. The molecule has 1 rings (SSSR count). The van der Waals surface area contributed by atoms with Gasteiger partial charge in [0.2, 0.25) is 0 Å². The Morgan fingerprint density at radius 3 is 1.91 bits per heavy atom.